The molecule has 0 N–H and O–H groups in total. The molecular formula is C16H24. The summed E-state index contributed by atoms with van der Waals surface area (Å²) < 4.78 is 0. The van der Waals surface area contributed by atoms with Crippen molar-refractivity contribution in [3.63, 3.8) is 0 Å². The molecule has 0 aromatic carbocycles. The highest BCUT2D eigenvalue weighted by molar-refractivity contribution is 5.15. The van der Waals surface area contributed by atoms with E-state index >= 15 is 0 Å². The molecule has 16 heavy (non-hydrogen) atoms. The van der Waals surface area contributed by atoms with Crippen molar-refractivity contribution in [3.05, 3.63) is 48.6 Å². The van der Waals surface area contributed by atoms with Crippen LogP contribution in [0.15, 0.2) is 48.6 Å². The van der Waals surface area contributed by atoms with Crippen LogP contribution < -0.4 is 0 Å². The summed E-state index contributed by atoms with van der Waals surface area (Å²) in [6, 6.07) is 0. The standard InChI is InChI=1S/C16H24/c1-2-4-6-8-10-12-14-16-15-13-11-9-7-5-3-1/h1-8H,9-16H2/b3-1-,4-2-,7-5-,8-6-. The Labute approximate surface area is 100 Å². The molecule has 0 unspecified atom stereocenters. The van der Waals surface area contributed by atoms with Crippen molar-refractivity contribution in [3.8, 4) is 0 Å². The fourth-order valence-electron chi connectivity index (χ4n) is 1.84. The first kappa shape index (κ1) is 13.0. The van der Waals surface area contributed by atoms with Gasteiger partial charge in [-0.2, -0.15) is 0 Å². The summed E-state index contributed by atoms with van der Waals surface area (Å²) in [5.74, 6) is 0. The molecule has 0 aliphatic heterocycles. The molecule has 0 spiro atoms. The molecular weight excluding hydrogens is 192 g/mol. The lowest BCUT2D eigenvalue weighted by Crippen LogP contribution is -1.79. The minimum atomic E-state index is 1.23. The lowest BCUT2D eigenvalue weighted by Gasteiger charge is -1.99. The molecule has 0 bridgehead atoms. The molecule has 0 nitrogen and oxygen atoms in total. The summed E-state index contributed by atoms with van der Waals surface area (Å²) in [5, 5.41) is 0. The highest BCUT2D eigenvalue weighted by Gasteiger charge is 1.89. The van der Waals surface area contributed by atoms with Crippen LogP contribution in [0.2, 0.25) is 0 Å². The molecule has 88 valence electrons. The summed E-state index contributed by atoms with van der Waals surface area (Å²) >= 11 is 0. The molecule has 0 heteroatoms. The zero-order valence-electron chi connectivity index (χ0n) is 10.3. The van der Waals surface area contributed by atoms with E-state index in [1.165, 1.54) is 51.4 Å². The van der Waals surface area contributed by atoms with Crippen molar-refractivity contribution in [2.75, 3.05) is 0 Å². The van der Waals surface area contributed by atoms with Crippen LogP contribution in [0.1, 0.15) is 51.4 Å². The summed E-state index contributed by atoms with van der Waals surface area (Å²) in [7, 11) is 0. The summed E-state index contributed by atoms with van der Waals surface area (Å²) in [6.45, 7) is 0. The Hall–Kier alpha value is -1.04. The third kappa shape index (κ3) is 8.28. The monoisotopic (exact) mass is 216 g/mol. The topological polar surface area (TPSA) is 0 Å². The van der Waals surface area contributed by atoms with Crippen molar-refractivity contribution < 1.29 is 0 Å². The van der Waals surface area contributed by atoms with Gasteiger partial charge < -0.3 is 0 Å². The lowest BCUT2D eigenvalue weighted by molar-refractivity contribution is 0.600. The van der Waals surface area contributed by atoms with Gasteiger partial charge in [0, 0.05) is 0 Å². The van der Waals surface area contributed by atoms with Gasteiger partial charge in [-0.1, -0.05) is 74.3 Å². The van der Waals surface area contributed by atoms with Crippen molar-refractivity contribution in [1.82, 2.24) is 0 Å². The second kappa shape index (κ2) is 10.5. The van der Waals surface area contributed by atoms with Crippen molar-refractivity contribution in [2.45, 2.75) is 51.4 Å². The van der Waals surface area contributed by atoms with Gasteiger partial charge in [-0.05, 0) is 25.7 Å². The van der Waals surface area contributed by atoms with Gasteiger partial charge >= 0.3 is 0 Å². The fraction of sp³-hybridized carbons (Fsp3) is 0.500. The van der Waals surface area contributed by atoms with E-state index in [9.17, 15) is 0 Å². The van der Waals surface area contributed by atoms with Crippen LogP contribution in [-0.2, 0) is 0 Å². The van der Waals surface area contributed by atoms with E-state index in [1.807, 2.05) is 0 Å². The van der Waals surface area contributed by atoms with Gasteiger partial charge in [0.1, 0.15) is 0 Å². The second-order valence-electron chi connectivity index (χ2n) is 4.32. The van der Waals surface area contributed by atoms with E-state index in [2.05, 4.69) is 48.6 Å². The third-order valence-electron chi connectivity index (χ3n) is 2.82. The maximum Gasteiger partial charge on any atom is -0.0348 e. The van der Waals surface area contributed by atoms with Crippen LogP contribution >= 0.6 is 0 Å². The van der Waals surface area contributed by atoms with Crippen molar-refractivity contribution >= 4 is 0 Å². The molecule has 0 saturated heterocycles. The Morgan fingerprint density at radius 3 is 1.25 bits per heavy atom. The molecule has 0 saturated carbocycles. The highest BCUT2D eigenvalue weighted by Crippen LogP contribution is 2.09. The van der Waals surface area contributed by atoms with E-state index in [1.54, 1.807) is 0 Å². The third-order valence-corrected chi connectivity index (χ3v) is 2.82. The Balaban J connectivity index is 2.31. The van der Waals surface area contributed by atoms with Gasteiger partial charge in [-0.3, -0.25) is 0 Å². The Morgan fingerprint density at radius 1 is 0.375 bits per heavy atom. The van der Waals surface area contributed by atoms with Crippen LogP contribution in [0.4, 0.5) is 0 Å². The fourth-order valence-corrected chi connectivity index (χ4v) is 1.84. The molecule has 0 heterocycles. The van der Waals surface area contributed by atoms with E-state index in [0.29, 0.717) is 0 Å². The van der Waals surface area contributed by atoms with E-state index in [0.717, 1.165) is 0 Å². The van der Waals surface area contributed by atoms with Crippen LogP contribution in [0, 0.1) is 0 Å². The van der Waals surface area contributed by atoms with E-state index in [4.69, 9.17) is 0 Å². The Morgan fingerprint density at radius 2 is 0.750 bits per heavy atom. The molecule has 0 amide bonds. The SMILES string of the molecule is C1=C\C=C/CCCCCCCC/C=C\C=C/1. The summed E-state index contributed by atoms with van der Waals surface area (Å²) in [4.78, 5) is 0. The molecule has 0 atom stereocenters. The first-order chi connectivity index (χ1) is 8.00. The first-order valence-electron chi connectivity index (χ1n) is 6.65. The zero-order valence-corrected chi connectivity index (χ0v) is 10.3. The van der Waals surface area contributed by atoms with Crippen LogP contribution in [0.5, 0.6) is 0 Å². The number of hydrogen-bond donors (Lipinski definition) is 0. The number of rotatable bonds is 0. The molecule has 1 aliphatic carbocycles. The Bertz CT molecular complexity index is 225. The van der Waals surface area contributed by atoms with Crippen LogP contribution in [0.25, 0.3) is 0 Å². The van der Waals surface area contributed by atoms with Gasteiger partial charge in [0.05, 0.1) is 0 Å². The van der Waals surface area contributed by atoms with Crippen LogP contribution in [-0.4, -0.2) is 0 Å². The predicted molar refractivity (Wildman–Crippen MR) is 73.5 cm³/mol. The molecule has 0 aromatic heterocycles. The predicted octanol–water partition coefficient (Wildman–Crippen LogP) is 5.35. The second-order valence-corrected chi connectivity index (χ2v) is 4.32. The van der Waals surface area contributed by atoms with E-state index in [-0.39, 0.29) is 0 Å². The molecule has 0 aromatic rings. The maximum atomic E-state index is 2.27. The largest absolute Gasteiger partial charge is 0.0845 e. The quantitative estimate of drug-likeness (QED) is 0.512. The van der Waals surface area contributed by atoms with Crippen LogP contribution in [0.3, 0.4) is 0 Å². The smallest absolute Gasteiger partial charge is 0.0348 e. The van der Waals surface area contributed by atoms with Gasteiger partial charge in [0.2, 0.25) is 0 Å². The molecule has 0 radical (unpaired) electrons. The summed E-state index contributed by atoms with van der Waals surface area (Å²) in [5.41, 5.74) is 0. The summed E-state index contributed by atoms with van der Waals surface area (Å²) in [6.07, 6.45) is 28.0. The number of allylic oxidation sites excluding steroid dienone is 8. The molecule has 0 fully saturated rings. The van der Waals surface area contributed by atoms with Gasteiger partial charge in [0.15, 0.2) is 0 Å². The Kier molecular flexibility index (Phi) is 8.53. The average molecular weight is 216 g/mol. The minimum absolute atomic E-state index is 1.23. The molecule has 1 aliphatic rings. The van der Waals surface area contributed by atoms with E-state index < -0.39 is 0 Å². The van der Waals surface area contributed by atoms with Gasteiger partial charge in [0.25, 0.3) is 0 Å². The molecule has 1 rings (SSSR count). The number of hydrogen-bond acceptors (Lipinski definition) is 0. The lowest BCUT2D eigenvalue weighted by atomic mass is 10.1. The zero-order chi connectivity index (χ0) is 11.3. The minimum Gasteiger partial charge on any atom is -0.0845 e. The highest BCUT2D eigenvalue weighted by atomic mass is 14.0. The average Bonchev–Trinajstić information content (AvgIpc) is 2.29. The first-order valence-corrected chi connectivity index (χ1v) is 6.65. The maximum absolute atomic E-state index is 2.27. The normalized spacial score (nSPS) is 28.0. The van der Waals surface area contributed by atoms with Gasteiger partial charge in [-0.15, -0.1) is 0 Å². The van der Waals surface area contributed by atoms with Crippen molar-refractivity contribution in [1.29, 1.82) is 0 Å². The van der Waals surface area contributed by atoms with Gasteiger partial charge in [-0.25, -0.2) is 0 Å². The van der Waals surface area contributed by atoms with Crippen molar-refractivity contribution in [2.24, 2.45) is 0 Å².